The summed E-state index contributed by atoms with van der Waals surface area (Å²) in [7, 11) is -4.23. The lowest BCUT2D eigenvalue weighted by Crippen LogP contribution is -2.46. The van der Waals surface area contributed by atoms with Gasteiger partial charge < -0.3 is 26.0 Å². The maximum atomic E-state index is 12.2. The summed E-state index contributed by atoms with van der Waals surface area (Å²) in [5, 5.41) is 27.5. The lowest BCUT2D eigenvalue weighted by atomic mass is 10.2. The van der Waals surface area contributed by atoms with E-state index in [4.69, 9.17) is 26.1 Å². The van der Waals surface area contributed by atoms with Crippen LogP contribution in [0.15, 0.2) is 48.5 Å². The van der Waals surface area contributed by atoms with Crippen molar-refractivity contribution in [3.63, 3.8) is 0 Å². The zero-order valence-electron chi connectivity index (χ0n) is 17.6. The molecule has 0 aliphatic heterocycles. The molecule has 0 heterocycles. The third-order valence-corrected chi connectivity index (χ3v) is 5.36. The Morgan fingerprint density at radius 3 is 2.18 bits per heavy atom. The van der Waals surface area contributed by atoms with Gasteiger partial charge in [-0.15, -0.1) is 0 Å². The summed E-state index contributed by atoms with van der Waals surface area (Å²) in [6.07, 6.45) is -0.930. The fourth-order valence-corrected chi connectivity index (χ4v) is 3.63. The Morgan fingerprint density at radius 1 is 1.03 bits per heavy atom. The highest BCUT2D eigenvalue weighted by Gasteiger charge is 2.24. The molecule has 0 bridgehead atoms. The molecular weight excluding hydrogens is 470 g/mol. The van der Waals surface area contributed by atoms with E-state index in [1.165, 1.54) is 36.4 Å². The number of ether oxygens (including phenoxy) is 1. The van der Waals surface area contributed by atoms with Crippen molar-refractivity contribution in [1.29, 1.82) is 5.41 Å². The van der Waals surface area contributed by atoms with Crippen LogP contribution in [0.25, 0.3) is 0 Å². The summed E-state index contributed by atoms with van der Waals surface area (Å²) in [5.74, 6) is -3.41. The van der Waals surface area contributed by atoms with Crippen molar-refractivity contribution in [2.75, 3.05) is 5.32 Å². The van der Waals surface area contributed by atoms with Gasteiger partial charge in [0.1, 0.15) is 11.8 Å². The first-order valence-electron chi connectivity index (χ1n) is 9.69. The summed E-state index contributed by atoms with van der Waals surface area (Å²) in [6, 6.07) is 10.4. The lowest BCUT2D eigenvalue weighted by Gasteiger charge is -2.14. The molecule has 1 atom stereocenters. The molecule has 0 saturated heterocycles. The molecule has 0 spiro atoms. The van der Waals surface area contributed by atoms with Crippen LogP contribution >= 0.6 is 0 Å². The van der Waals surface area contributed by atoms with E-state index in [1.807, 2.05) is 4.72 Å². The van der Waals surface area contributed by atoms with Crippen LogP contribution in [0, 0.1) is 5.41 Å². The van der Waals surface area contributed by atoms with E-state index >= 15 is 0 Å². The topological polar surface area (TPSA) is 221 Å². The molecule has 182 valence electrons. The second-order valence-corrected chi connectivity index (χ2v) is 8.45. The van der Waals surface area contributed by atoms with Crippen LogP contribution in [0.3, 0.4) is 0 Å². The van der Waals surface area contributed by atoms with Gasteiger partial charge in [-0.1, -0.05) is 12.1 Å². The van der Waals surface area contributed by atoms with Crippen LogP contribution in [0.4, 0.5) is 5.69 Å². The number of nitrogens with two attached hydrogens (primary N) is 1. The molecule has 34 heavy (non-hydrogen) atoms. The van der Waals surface area contributed by atoms with Crippen molar-refractivity contribution in [2.24, 2.45) is 5.73 Å². The number of benzene rings is 2. The zero-order valence-corrected chi connectivity index (χ0v) is 18.5. The monoisotopic (exact) mass is 493 g/mol. The van der Waals surface area contributed by atoms with Gasteiger partial charge in [0.15, 0.2) is 5.96 Å². The molecule has 0 aliphatic rings. The molecule has 0 saturated carbocycles. The summed E-state index contributed by atoms with van der Waals surface area (Å²) in [4.78, 5) is 34.0. The number of carboxylic acids is 2. The predicted molar refractivity (Wildman–Crippen MR) is 121 cm³/mol. The third kappa shape index (κ3) is 8.85. The number of anilines is 1. The third-order valence-electron chi connectivity index (χ3n) is 4.24. The summed E-state index contributed by atoms with van der Waals surface area (Å²) in [5.41, 5.74) is 6.51. The number of nitrogens with one attached hydrogen (secondary N) is 4. The fraction of sp³-hybridized carbons (Fsp3) is 0.200. The average molecular weight is 493 g/mol. The van der Waals surface area contributed by atoms with Crippen molar-refractivity contribution in [3.05, 3.63) is 59.7 Å². The van der Waals surface area contributed by atoms with Gasteiger partial charge in [-0.05, 0) is 48.4 Å². The standard InChI is InChI=1S/C20H23N5O8S/c21-20(22)24-14-5-3-13(4-6-14)19(30)33-15-7-1-12(2-8-15)11-23-34(31,32)25-16(18(28)29)9-10-17(26)27/h1-8,16,23,25H,9-11H2,(H,26,27)(H,28,29)(H4,21,22,24)/t16-/m0/s1. The minimum atomic E-state index is -4.23. The van der Waals surface area contributed by atoms with Crippen molar-refractivity contribution in [2.45, 2.75) is 25.4 Å². The van der Waals surface area contributed by atoms with Crippen LogP contribution < -0.4 is 25.2 Å². The van der Waals surface area contributed by atoms with Crippen molar-refractivity contribution < 1.29 is 37.8 Å². The Labute approximate surface area is 194 Å². The maximum absolute atomic E-state index is 12.2. The van der Waals surface area contributed by atoms with E-state index < -0.39 is 47.0 Å². The maximum Gasteiger partial charge on any atom is 0.343 e. The second-order valence-electron chi connectivity index (χ2n) is 6.92. The number of hydrogen-bond acceptors (Lipinski definition) is 7. The molecule has 13 nitrogen and oxygen atoms in total. The number of aliphatic carboxylic acids is 2. The first-order chi connectivity index (χ1) is 15.9. The minimum absolute atomic E-state index is 0.195. The second kappa shape index (κ2) is 11.7. The first-order valence-corrected chi connectivity index (χ1v) is 11.2. The molecule has 0 amide bonds. The van der Waals surface area contributed by atoms with Gasteiger partial charge in [0.25, 0.3) is 10.2 Å². The van der Waals surface area contributed by atoms with E-state index in [9.17, 15) is 22.8 Å². The average Bonchev–Trinajstić information content (AvgIpc) is 2.76. The van der Waals surface area contributed by atoms with Gasteiger partial charge in [0.2, 0.25) is 0 Å². The van der Waals surface area contributed by atoms with Gasteiger partial charge in [-0.2, -0.15) is 17.9 Å². The Kier molecular flexibility index (Phi) is 9.06. The Bertz CT molecular complexity index is 1150. The SMILES string of the molecule is N=C(N)Nc1ccc(C(=O)Oc2ccc(CNS(=O)(=O)N[C@@H](CCC(=O)O)C(=O)O)cc2)cc1. The number of carbonyl (C=O) groups is 3. The molecule has 0 fully saturated rings. The van der Waals surface area contributed by atoms with E-state index in [0.717, 1.165) is 0 Å². The van der Waals surface area contributed by atoms with E-state index in [1.54, 1.807) is 12.1 Å². The number of carbonyl (C=O) groups excluding carboxylic acids is 1. The molecule has 0 aromatic heterocycles. The number of carboxylic acid groups (broad SMARTS) is 2. The number of rotatable bonds is 12. The molecule has 2 rings (SSSR count). The zero-order chi connectivity index (χ0) is 25.3. The Morgan fingerprint density at radius 2 is 1.65 bits per heavy atom. The fourth-order valence-electron chi connectivity index (χ4n) is 2.59. The van der Waals surface area contributed by atoms with Gasteiger partial charge in [0, 0.05) is 18.7 Å². The molecule has 0 unspecified atom stereocenters. The van der Waals surface area contributed by atoms with Gasteiger partial charge in [-0.3, -0.25) is 15.0 Å². The summed E-state index contributed by atoms with van der Waals surface area (Å²) in [6.45, 7) is -0.195. The number of guanidine groups is 1. The van der Waals surface area contributed by atoms with E-state index in [2.05, 4.69) is 10.0 Å². The normalized spacial score (nSPS) is 11.9. The highest BCUT2D eigenvalue weighted by molar-refractivity contribution is 7.87. The van der Waals surface area contributed by atoms with Crippen LogP contribution in [0.5, 0.6) is 5.75 Å². The first kappa shape index (κ1) is 26.2. The van der Waals surface area contributed by atoms with E-state index in [-0.39, 0.29) is 23.8 Å². The smallest absolute Gasteiger partial charge is 0.343 e. The molecule has 0 aliphatic carbocycles. The molecule has 14 heteroatoms. The quantitative estimate of drug-likeness (QED) is 0.0936. The molecule has 2 aromatic carbocycles. The predicted octanol–water partition coefficient (Wildman–Crippen LogP) is 0.453. The van der Waals surface area contributed by atoms with Crippen molar-refractivity contribution in [3.8, 4) is 5.75 Å². The minimum Gasteiger partial charge on any atom is -0.481 e. The van der Waals surface area contributed by atoms with Gasteiger partial charge >= 0.3 is 17.9 Å². The Balaban J connectivity index is 1.91. The van der Waals surface area contributed by atoms with Crippen molar-refractivity contribution >= 4 is 39.8 Å². The summed E-state index contributed by atoms with van der Waals surface area (Å²) < 4.78 is 33.5. The van der Waals surface area contributed by atoms with Gasteiger partial charge in [0.05, 0.1) is 5.56 Å². The molecule has 0 radical (unpaired) electrons. The molecular formula is C20H23N5O8S. The summed E-state index contributed by atoms with van der Waals surface area (Å²) >= 11 is 0. The van der Waals surface area contributed by atoms with Crippen LogP contribution in [0.1, 0.15) is 28.8 Å². The van der Waals surface area contributed by atoms with Crippen molar-refractivity contribution in [1.82, 2.24) is 9.44 Å². The van der Waals surface area contributed by atoms with Gasteiger partial charge in [-0.25, -0.2) is 4.79 Å². The largest absolute Gasteiger partial charge is 0.481 e. The molecule has 8 N–H and O–H groups in total. The highest BCUT2D eigenvalue weighted by atomic mass is 32.2. The Hall–Kier alpha value is -4.01. The lowest BCUT2D eigenvalue weighted by molar-refractivity contribution is -0.140. The van der Waals surface area contributed by atoms with Crippen LogP contribution in [0.2, 0.25) is 0 Å². The number of hydrogen-bond donors (Lipinski definition) is 7. The molecule has 2 aromatic rings. The van der Waals surface area contributed by atoms with Crippen LogP contribution in [-0.4, -0.2) is 48.5 Å². The highest BCUT2D eigenvalue weighted by Crippen LogP contribution is 2.16. The number of esters is 1. The van der Waals surface area contributed by atoms with E-state index in [0.29, 0.717) is 11.3 Å². The van der Waals surface area contributed by atoms with Crippen LogP contribution in [-0.2, 0) is 26.3 Å².